The zero-order valence-corrected chi connectivity index (χ0v) is 11.7. The number of benzene rings is 1. The molecule has 0 spiro atoms. The van der Waals surface area contributed by atoms with Crippen molar-refractivity contribution in [1.82, 2.24) is 0 Å². The molecule has 1 aliphatic rings. The molecule has 0 radical (unpaired) electrons. The number of halogens is 1. The molecule has 2 unspecified atom stereocenters. The Kier molecular flexibility index (Phi) is 4.34. The Balaban J connectivity index is 2.30. The third kappa shape index (κ3) is 3.20. The molecule has 1 heterocycles. The van der Waals surface area contributed by atoms with E-state index >= 15 is 0 Å². The summed E-state index contributed by atoms with van der Waals surface area (Å²) < 4.78 is 20.0. The van der Waals surface area contributed by atoms with Gasteiger partial charge in [-0.1, -0.05) is 28.9 Å². The van der Waals surface area contributed by atoms with Gasteiger partial charge in [-0.2, -0.15) is 0 Å². The summed E-state index contributed by atoms with van der Waals surface area (Å²) in [6.07, 6.45) is -0.157. The average molecular weight is 302 g/mol. The van der Waals surface area contributed by atoms with Crippen LogP contribution in [0.2, 0.25) is 5.02 Å². The molecule has 19 heavy (non-hydrogen) atoms. The standard InChI is InChI=1S/C12H12ClNO4S/c1-7(15)10-5-11(18-14-10)12-8(6-19(16)17)3-2-4-9(12)13/h2-4,11H,5-6H2,1H3,(H,16,17). The van der Waals surface area contributed by atoms with Gasteiger partial charge in [0.15, 0.2) is 23.0 Å². The molecular formula is C12H12ClNO4S. The first kappa shape index (κ1) is 14.2. The van der Waals surface area contributed by atoms with Gasteiger partial charge in [0.25, 0.3) is 0 Å². The molecule has 0 saturated heterocycles. The van der Waals surface area contributed by atoms with E-state index in [0.717, 1.165) is 0 Å². The summed E-state index contributed by atoms with van der Waals surface area (Å²) in [6, 6.07) is 5.09. The van der Waals surface area contributed by atoms with Crippen molar-refractivity contribution in [1.29, 1.82) is 0 Å². The summed E-state index contributed by atoms with van der Waals surface area (Å²) in [5, 5.41) is 4.16. The van der Waals surface area contributed by atoms with E-state index in [1.165, 1.54) is 6.92 Å². The molecule has 1 aromatic rings. The van der Waals surface area contributed by atoms with E-state index in [9.17, 15) is 9.00 Å². The van der Waals surface area contributed by atoms with E-state index in [2.05, 4.69) is 5.16 Å². The van der Waals surface area contributed by atoms with Crippen molar-refractivity contribution in [2.24, 2.45) is 5.16 Å². The van der Waals surface area contributed by atoms with Crippen LogP contribution in [0.4, 0.5) is 0 Å². The fraction of sp³-hybridized carbons (Fsp3) is 0.333. The summed E-state index contributed by atoms with van der Waals surface area (Å²) in [6.45, 7) is 1.42. The maximum absolute atomic E-state index is 11.2. The minimum atomic E-state index is -1.97. The van der Waals surface area contributed by atoms with Crippen molar-refractivity contribution >= 4 is 34.2 Å². The minimum absolute atomic E-state index is 0.0365. The van der Waals surface area contributed by atoms with E-state index in [4.69, 9.17) is 21.0 Å². The Labute approximate surface area is 117 Å². The maximum atomic E-state index is 11.2. The predicted molar refractivity (Wildman–Crippen MR) is 72.5 cm³/mol. The smallest absolute Gasteiger partial charge is 0.177 e. The fourth-order valence-electron chi connectivity index (χ4n) is 1.94. The van der Waals surface area contributed by atoms with Crippen molar-refractivity contribution in [3.05, 3.63) is 34.3 Å². The molecule has 1 N–H and O–H groups in total. The number of oxime groups is 1. The lowest BCUT2D eigenvalue weighted by molar-refractivity contribution is -0.111. The SMILES string of the molecule is CC(=O)C1=NOC(c2c(Cl)cccc2CS(=O)O)C1. The van der Waals surface area contributed by atoms with Gasteiger partial charge in [0, 0.05) is 23.9 Å². The summed E-state index contributed by atoms with van der Waals surface area (Å²) in [5.41, 5.74) is 1.59. The zero-order valence-electron chi connectivity index (χ0n) is 10.1. The summed E-state index contributed by atoms with van der Waals surface area (Å²) in [5.74, 6) is -0.188. The molecule has 2 atom stereocenters. The van der Waals surface area contributed by atoms with Gasteiger partial charge < -0.3 is 9.39 Å². The van der Waals surface area contributed by atoms with Gasteiger partial charge in [-0.15, -0.1) is 0 Å². The fourth-order valence-corrected chi connectivity index (χ4v) is 2.77. The zero-order chi connectivity index (χ0) is 14.0. The molecule has 7 heteroatoms. The molecule has 1 aliphatic heterocycles. The molecule has 0 saturated carbocycles. The first-order valence-corrected chi connectivity index (χ1v) is 7.22. The largest absolute Gasteiger partial charge is 0.387 e. The van der Waals surface area contributed by atoms with Crippen molar-refractivity contribution in [2.75, 3.05) is 0 Å². The van der Waals surface area contributed by atoms with Gasteiger partial charge in [0.05, 0.1) is 5.75 Å². The number of nitrogens with zero attached hydrogens (tertiary/aromatic N) is 1. The molecule has 0 aromatic heterocycles. The number of hydrogen-bond donors (Lipinski definition) is 1. The number of Topliss-reactive ketones (excluding diaryl/α,β-unsaturated/α-hetero) is 1. The molecule has 0 aliphatic carbocycles. The number of carbonyl (C=O) groups is 1. The molecular weight excluding hydrogens is 290 g/mol. The summed E-state index contributed by atoms with van der Waals surface area (Å²) in [4.78, 5) is 16.5. The van der Waals surface area contributed by atoms with E-state index in [-0.39, 0.29) is 11.5 Å². The quantitative estimate of drug-likeness (QED) is 0.867. The van der Waals surface area contributed by atoms with Gasteiger partial charge in [-0.3, -0.25) is 4.79 Å². The topological polar surface area (TPSA) is 76.0 Å². The molecule has 0 fully saturated rings. The number of carbonyl (C=O) groups excluding carboxylic acids is 1. The second kappa shape index (κ2) is 5.81. The molecule has 0 bridgehead atoms. The molecule has 102 valence electrons. The average Bonchev–Trinajstić information content (AvgIpc) is 2.77. The third-order valence-electron chi connectivity index (χ3n) is 2.82. The highest BCUT2D eigenvalue weighted by Gasteiger charge is 2.29. The summed E-state index contributed by atoms with van der Waals surface area (Å²) in [7, 11) is 0. The Morgan fingerprint density at radius 2 is 2.37 bits per heavy atom. The highest BCUT2D eigenvalue weighted by Crippen LogP contribution is 2.35. The van der Waals surface area contributed by atoms with Crippen LogP contribution in [0.25, 0.3) is 0 Å². The van der Waals surface area contributed by atoms with Gasteiger partial charge in [-0.25, -0.2) is 4.21 Å². The number of rotatable bonds is 4. The predicted octanol–water partition coefficient (Wildman–Crippen LogP) is 2.47. The second-order valence-corrected chi connectivity index (χ2v) is 5.51. The van der Waals surface area contributed by atoms with Gasteiger partial charge in [0.1, 0.15) is 5.71 Å². The van der Waals surface area contributed by atoms with Crippen molar-refractivity contribution < 1.29 is 18.4 Å². The lowest BCUT2D eigenvalue weighted by Crippen LogP contribution is -2.10. The van der Waals surface area contributed by atoms with Crippen LogP contribution < -0.4 is 0 Å². The van der Waals surface area contributed by atoms with Gasteiger partial charge >= 0.3 is 0 Å². The molecule has 1 aromatic carbocycles. The van der Waals surface area contributed by atoms with Crippen LogP contribution in [0.3, 0.4) is 0 Å². The van der Waals surface area contributed by atoms with Crippen LogP contribution in [0.15, 0.2) is 23.4 Å². The normalized spacial score (nSPS) is 19.7. The summed E-state index contributed by atoms with van der Waals surface area (Å²) >= 11 is 4.15. The van der Waals surface area contributed by atoms with Crippen molar-refractivity contribution in [2.45, 2.75) is 25.2 Å². The van der Waals surface area contributed by atoms with Crippen LogP contribution in [-0.2, 0) is 26.5 Å². The van der Waals surface area contributed by atoms with E-state index in [1.54, 1.807) is 18.2 Å². The van der Waals surface area contributed by atoms with Crippen LogP contribution in [0.5, 0.6) is 0 Å². The minimum Gasteiger partial charge on any atom is -0.387 e. The van der Waals surface area contributed by atoms with Crippen LogP contribution in [0, 0.1) is 0 Å². The lowest BCUT2D eigenvalue weighted by Gasteiger charge is -2.14. The highest BCUT2D eigenvalue weighted by molar-refractivity contribution is 7.78. The Morgan fingerprint density at radius 1 is 1.63 bits per heavy atom. The Hall–Kier alpha value is -1.24. The van der Waals surface area contributed by atoms with Gasteiger partial charge in [-0.05, 0) is 11.6 Å². The number of hydrogen-bond acceptors (Lipinski definition) is 4. The Bertz CT molecular complexity index is 573. The van der Waals surface area contributed by atoms with Crippen LogP contribution in [0.1, 0.15) is 30.6 Å². The second-order valence-electron chi connectivity index (χ2n) is 4.17. The molecule has 0 amide bonds. The van der Waals surface area contributed by atoms with E-state index in [0.29, 0.717) is 28.3 Å². The van der Waals surface area contributed by atoms with Gasteiger partial charge in [0.2, 0.25) is 0 Å². The lowest BCUT2D eigenvalue weighted by atomic mass is 9.99. The van der Waals surface area contributed by atoms with E-state index in [1.807, 2.05) is 0 Å². The molecule has 5 nitrogen and oxygen atoms in total. The Morgan fingerprint density at radius 3 is 2.95 bits per heavy atom. The number of ketones is 1. The molecule has 2 rings (SSSR count). The third-order valence-corrected chi connectivity index (χ3v) is 3.71. The van der Waals surface area contributed by atoms with Crippen LogP contribution in [-0.4, -0.2) is 20.3 Å². The first-order chi connectivity index (χ1) is 8.99. The maximum Gasteiger partial charge on any atom is 0.177 e. The van der Waals surface area contributed by atoms with Crippen molar-refractivity contribution in [3.63, 3.8) is 0 Å². The first-order valence-electron chi connectivity index (χ1n) is 5.57. The van der Waals surface area contributed by atoms with E-state index < -0.39 is 17.2 Å². The van der Waals surface area contributed by atoms with Crippen molar-refractivity contribution in [3.8, 4) is 0 Å². The monoisotopic (exact) mass is 301 g/mol. The highest BCUT2D eigenvalue weighted by atomic mass is 35.5. The van der Waals surface area contributed by atoms with Crippen LogP contribution >= 0.6 is 11.6 Å².